The molecule has 0 unspecified atom stereocenters. The number of hydrogen-bond donors (Lipinski definition) is 1. The minimum atomic E-state index is -1.08. The van der Waals surface area contributed by atoms with E-state index in [4.69, 9.17) is 5.11 Å². The Hall–Kier alpha value is -1.28. The zero-order valence-electron chi connectivity index (χ0n) is 5.67. The van der Waals surface area contributed by atoms with Crippen LogP contribution < -0.4 is 0 Å². The van der Waals surface area contributed by atoms with Crippen molar-refractivity contribution < 1.29 is 19.4 Å². The van der Waals surface area contributed by atoms with Gasteiger partial charge in [0.05, 0.1) is 0 Å². The van der Waals surface area contributed by atoms with E-state index in [0.29, 0.717) is 0 Å². The van der Waals surface area contributed by atoms with Crippen LogP contribution in [0.4, 0.5) is 0 Å². The van der Waals surface area contributed by atoms with Crippen LogP contribution in [0.25, 0.3) is 0 Å². The van der Waals surface area contributed by atoms with Gasteiger partial charge in [-0.15, -0.1) is 0 Å². The second-order valence-corrected chi connectivity index (χ2v) is 2.32. The Morgan fingerprint density at radius 1 is 1.50 bits per heavy atom. The van der Waals surface area contributed by atoms with Crippen molar-refractivity contribution in [2.45, 2.75) is 19.6 Å². The Kier molecular flexibility index (Phi) is 1.27. The fraction of sp³-hybridized carbons (Fsp3) is 0.500. The molecular formula is C6H7O4+. The molecule has 1 N–H and O–H groups in total. The maximum atomic E-state index is 10.5. The number of aliphatic hydroxyl groups is 1. The minimum absolute atomic E-state index is 0.527. The molecule has 0 fully saturated rings. The van der Waals surface area contributed by atoms with Crippen molar-refractivity contribution in [3.05, 3.63) is 12.0 Å². The predicted octanol–water partition coefficient (Wildman–Crippen LogP) is 0.498. The molecule has 0 saturated heterocycles. The second kappa shape index (κ2) is 1.85. The van der Waals surface area contributed by atoms with Gasteiger partial charge in [0.1, 0.15) is 0 Å². The molecule has 0 aliphatic carbocycles. The molecule has 4 heteroatoms. The van der Waals surface area contributed by atoms with Crippen LogP contribution >= 0.6 is 0 Å². The smallest absolute Gasteiger partial charge is 0.439 e. The third-order valence-corrected chi connectivity index (χ3v) is 0.890. The maximum absolute atomic E-state index is 10.5. The standard InChI is InChI=1S/C6H6O4/c1-6(2)9-4(7)3-5(8)10-6/h1-2H3/p+1. The van der Waals surface area contributed by atoms with Crippen LogP contribution in [0.1, 0.15) is 13.8 Å². The lowest BCUT2D eigenvalue weighted by atomic mass is 10.3. The minimum Gasteiger partial charge on any atom is -0.439 e. The number of carbonyl (C=O) groups excluding carboxylic acids is 1. The average Bonchev–Trinajstić information content (AvgIpc) is 1.54. The van der Waals surface area contributed by atoms with Gasteiger partial charge < -0.3 is 14.6 Å². The largest absolute Gasteiger partial charge is 0.600 e. The summed E-state index contributed by atoms with van der Waals surface area (Å²) in [6.07, 6.45) is 1.92. The Balaban J connectivity index is 2.80. The van der Waals surface area contributed by atoms with Crippen molar-refractivity contribution in [2.75, 3.05) is 0 Å². The highest BCUT2D eigenvalue weighted by molar-refractivity contribution is 5.78. The van der Waals surface area contributed by atoms with Gasteiger partial charge in [-0.1, -0.05) is 0 Å². The second-order valence-electron chi connectivity index (χ2n) is 2.32. The zero-order chi connectivity index (χ0) is 7.78. The van der Waals surface area contributed by atoms with Crippen molar-refractivity contribution >= 4 is 5.97 Å². The lowest BCUT2D eigenvalue weighted by Crippen LogP contribution is -2.34. The van der Waals surface area contributed by atoms with E-state index in [1.54, 1.807) is 0 Å². The van der Waals surface area contributed by atoms with E-state index in [0.717, 1.165) is 0 Å². The van der Waals surface area contributed by atoms with Gasteiger partial charge in [0.25, 0.3) is 5.79 Å². The SMILES string of the molecule is CC1(C)OC(=O)[C+]=C(O)O1. The van der Waals surface area contributed by atoms with Crippen molar-refractivity contribution in [1.29, 1.82) is 0 Å². The van der Waals surface area contributed by atoms with Gasteiger partial charge >= 0.3 is 18.0 Å². The molecule has 54 valence electrons. The molecule has 0 amide bonds. The summed E-state index contributed by atoms with van der Waals surface area (Å²) in [6.45, 7) is 3.03. The van der Waals surface area contributed by atoms with Crippen LogP contribution in [0, 0.1) is 6.08 Å². The van der Waals surface area contributed by atoms with E-state index in [9.17, 15) is 4.79 Å². The van der Waals surface area contributed by atoms with E-state index in [1.807, 2.05) is 6.08 Å². The number of esters is 1. The molecule has 1 aliphatic rings. The highest BCUT2D eigenvalue weighted by atomic mass is 16.8. The maximum Gasteiger partial charge on any atom is 0.600 e. The first-order valence-corrected chi connectivity index (χ1v) is 2.74. The number of aliphatic hydroxyl groups excluding tert-OH is 1. The first-order valence-electron chi connectivity index (χ1n) is 2.74. The molecule has 0 bridgehead atoms. The van der Waals surface area contributed by atoms with Crippen LogP contribution in [-0.4, -0.2) is 16.9 Å². The topological polar surface area (TPSA) is 55.8 Å². The molecule has 0 saturated carbocycles. The molecule has 0 spiro atoms. The molecule has 0 atom stereocenters. The normalized spacial score (nSPS) is 21.8. The molecule has 1 aliphatic heterocycles. The van der Waals surface area contributed by atoms with Crippen LogP contribution in [0.2, 0.25) is 0 Å². The van der Waals surface area contributed by atoms with E-state index in [1.165, 1.54) is 13.8 Å². The Labute approximate surface area is 58.1 Å². The van der Waals surface area contributed by atoms with E-state index in [-0.39, 0.29) is 0 Å². The highest BCUT2D eigenvalue weighted by Gasteiger charge is 2.41. The third kappa shape index (κ3) is 1.36. The lowest BCUT2D eigenvalue weighted by Gasteiger charge is -2.20. The first-order chi connectivity index (χ1) is 4.49. The van der Waals surface area contributed by atoms with E-state index < -0.39 is 17.7 Å². The van der Waals surface area contributed by atoms with Gasteiger partial charge in [0.2, 0.25) is 0 Å². The van der Waals surface area contributed by atoms with Crippen LogP contribution in [0.15, 0.2) is 5.95 Å². The Morgan fingerprint density at radius 2 is 2.10 bits per heavy atom. The van der Waals surface area contributed by atoms with Crippen LogP contribution in [-0.2, 0) is 14.3 Å². The van der Waals surface area contributed by atoms with Gasteiger partial charge in [-0.25, -0.2) is 0 Å². The van der Waals surface area contributed by atoms with Crippen LogP contribution in [0.3, 0.4) is 0 Å². The summed E-state index contributed by atoms with van der Waals surface area (Å²) in [5.41, 5.74) is 0. The van der Waals surface area contributed by atoms with Crippen molar-refractivity contribution in [3.63, 3.8) is 0 Å². The first kappa shape index (κ1) is 6.83. The van der Waals surface area contributed by atoms with Gasteiger partial charge in [0, 0.05) is 13.8 Å². The van der Waals surface area contributed by atoms with Gasteiger partial charge in [0.15, 0.2) is 0 Å². The summed E-state index contributed by atoms with van der Waals surface area (Å²) in [5.74, 6) is -2.32. The third-order valence-electron chi connectivity index (χ3n) is 0.890. The number of hydrogen-bond acceptors (Lipinski definition) is 4. The summed E-state index contributed by atoms with van der Waals surface area (Å²) in [6, 6.07) is 0. The molecular weight excluding hydrogens is 136 g/mol. The van der Waals surface area contributed by atoms with E-state index in [2.05, 4.69) is 9.47 Å². The summed E-state index contributed by atoms with van der Waals surface area (Å²) in [4.78, 5) is 10.5. The molecule has 0 aromatic carbocycles. The molecule has 10 heavy (non-hydrogen) atoms. The van der Waals surface area contributed by atoms with Crippen molar-refractivity contribution in [1.82, 2.24) is 0 Å². The molecule has 4 nitrogen and oxygen atoms in total. The number of rotatable bonds is 0. The van der Waals surface area contributed by atoms with Gasteiger partial charge in [-0.05, 0) is 0 Å². The average molecular weight is 143 g/mol. The molecule has 0 radical (unpaired) electrons. The number of cyclic esters (lactones) is 1. The summed E-state index contributed by atoms with van der Waals surface area (Å²) in [5, 5.41) is 8.70. The summed E-state index contributed by atoms with van der Waals surface area (Å²) >= 11 is 0. The number of ether oxygens (including phenoxy) is 2. The molecule has 1 rings (SSSR count). The fourth-order valence-electron chi connectivity index (χ4n) is 0.615. The fourth-order valence-corrected chi connectivity index (χ4v) is 0.615. The van der Waals surface area contributed by atoms with Gasteiger partial charge in [-0.2, -0.15) is 4.79 Å². The van der Waals surface area contributed by atoms with Gasteiger partial charge in [-0.3, -0.25) is 0 Å². The van der Waals surface area contributed by atoms with Crippen LogP contribution in [0.5, 0.6) is 0 Å². The summed E-state index contributed by atoms with van der Waals surface area (Å²) < 4.78 is 9.25. The Morgan fingerprint density at radius 3 is 2.50 bits per heavy atom. The molecule has 0 aromatic heterocycles. The lowest BCUT2D eigenvalue weighted by molar-refractivity contribution is -0.220. The highest BCUT2D eigenvalue weighted by Crippen LogP contribution is 2.19. The molecule has 1 heterocycles. The van der Waals surface area contributed by atoms with Crippen molar-refractivity contribution in [2.24, 2.45) is 0 Å². The predicted molar refractivity (Wildman–Crippen MR) is 30.6 cm³/mol. The summed E-state index contributed by atoms with van der Waals surface area (Å²) in [7, 11) is 0. The number of carbonyl (C=O) groups is 1. The molecule has 0 aromatic rings. The zero-order valence-corrected chi connectivity index (χ0v) is 5.67. The Bertz CT molecular complexity index is 192. The van der Waals surface area contributed by atoms with E-state index >= 15 is 0 Å². The monoisotopic (exact) mass is 143 g/mol. The van der Waals surface area contributed by atoms with Crippen molar-refractivity contribution in [3.8, 4) is 0 Å². The quantitative estimate of drug-likeness (QED) is 0.396.